The molecule has 8 N–H and O–H groups in total. The largest absolute Gasteiger partial charge is 0.493 e. The van der Waals surface area contributed by atoms with E-state index < -0.39 is 390 Å². The molecule has 8 heterocycles. The summed E-state index contributed by atoms with van der Waals surface area (Å²) in [5, 5.41) is 0. The fourth-order valence-electron chi connectivity index (χ4n) is 14.0. The van der Waals surface area contributed by atoms with Crippen LogP contribution in [-0.2, 0) is 63.6 Å². The number of fused-ring (bicyclic) bond motifs is 12. The van der Waals surface area contributed by atoms with Gasteiger partial charge in [0.15, 0.2) is 46.0 Å². The second-order valence-corrected chi connectivity index (χ2v) is 30.9. The summed E-state index contributed by atoms with van der Waals surface area (Å²) < 4.78 is 523. The molecule has 0 bridgehead atoms. The summed E-state index contributed by atoms with van der Waals surface area (Å²) in [6.45, 7) is -12.4. The van der Waals surface area contributed by atoms with Crippen molar-refractivity contribution in [2.24, 2.45) is 93.9 Å². The normalized spacial score (nSPS) is 40.4. The maximum Gasteiger partial charge on any atom is 0.323 e. The molecule has 24 heteroatoms. The van der Waals surface area contributed by atoms with E-state index in [1.807, 2.05) is 0 Å². The number of methoxy groups -OCH3 is 8. The average molecular weight is 1730 g/mol. The minimum Gasteiger partial charge on any atom is -0.493 e. The smallest absolute Gasteiger partial charge is 0.323 e. The van der Waals surface area contributed by atoms with E-state index in [0.29, 0.717) is 9.80 Å². The first-order valence-corrected chi connectivity index (χ1v) is 39.0. The topological polar surface area (TPSA) is 296 Å². The summed E-state index contributed by atoms with van der Waals surface area (Å²) in [5.41, 5.74) is 20.9. The Morgan fingerprint density at radius 2 is 0.675 bits per heavy atom. The number of benzene rings is 4. The molecule has 24 nitrogen and oxygen atoms in total. The molecule has 4 saturated heterocycles. The number of piperidine rings is 4. The minimum absolute atomic E-state index is 0.0483. The Morgan fingerprint density at radius 3 is 1.01 bits per heavy atom. The first kappa shape index (κ1) is 46.2. The highest BCUT2D eigenvalue weighted by Crippen LogP contribution is 2.50. The first-order valence-electron chi connectivity index (χ1n) is 66.0. The third-order valence-electron chi connectivity index (χ3n) is 20.9. The van der Waals surface area contributed by atoms with Gasteiger partial charge in [-0.15, -0.1) is 0 Å². The van der Waals surface area contributed by atoms with E-state index in [9.17, 15) is 24.7 Å². The van der Waals surface area contributed by atoms with Crippen LogP contribution in [0.4, 0.5) is 0 Å². The molecule has 0 amide bonds. The van der Waals surface area contributed by atoms with Crippen molar-refractivity contribution >= 4 is 23.9 Å². The fourth-order valence-corrected chi connectivity index (χ4v) is 14.0. The Kier molecular flexibility index (Phi) is 16.9. The van der Waals surface area contributed by atoms with Gasteiger partial charge in [0.2, 0.25) is 0 Å². The van der Waals surface area contributed by atoms with Crippen LogP contribution in [0.5, 0.6) is 46.0 Å². The number of hydrogen-bond donors (Lipinski definition) is 4. The summed E-state index contributed by atoms with van der Waals surface area (Å²) in [5.74, 6) is -27.5. The highest BCUT2D eigenvalue weighted by atomic mass is 16.6. The van der Waals surface area contributed by atoms with Crippen LogP contribution in [0.3, 0.4) is 0 Å². The van der Waals surface area contributed by atoms with E-state index >= 15 is 0 Å². The number of esters is 4. The zero-order valence-corrected chi connectivity index (χ0v) is 70.8. The second kappa shape index (κ2) is 43.9. The van der Waals surface area contributed by atoms with Crippen LogP contribution in [0.1, 0.15) is 304 Å². The van der Waals surface area contributed by atoms with Gasteiger partial charge in [0.25, 0.3) is 0 Å². The van der Waals surface area contributed by atoms with Crippen molar-refractivity contribution in [3.05, 3.63) is 92.9 Å². The molecule has 16 unspecified atom stereocenters. The maximum absolute atomic E-state index is 13.1. The molecule has 20 atom stereocenters. The molecule has 0 radical (unpaired) electrons. The van der Waals surface area contributed by atoms with Crippen molar-refractivity contribution in [1.82, 2.24) is 19.6 Å². The van der Waals surface area contributed by atoms with Gasteiger partial charge in [-0.1, -0.05) is 110 Å². The van der Waals surface area contributed by atoms with E-state index in [1.165, 1.54) is 40.6 Å². The van der Waals surface area contributed by atoms with Crippen LogP contribution in [0, 0.1) is 70.9 Å². The van der Waals surface area contributed by atoms with Crippen molar-refractivity contribution in [2.45, 2.75) is 260 Å². The highest BCUT2D eigenvalue weighted by molar-refractivity contribution is 5.77. The van der Waals surface area contributed by atoms with Gasteiger partial charge in [-0.3, -0.25) is 38.8 Å². The molecule has 0 spiro atoms. The summed E-state index contributed by atoms with van der Waals surface area (Å²) in [4.78, 5) is 55.5. The van der Waals surface area contributed by atoms with Crippen molar-refractivity contribution in [3.63, 3.8) is 0 Å². The van der Waals surface area contributed by atoms with Gasteiger partial charge in [-0.2, -0.15) is 0 Å². The Labute approximate surface area is 794 Å². The van der Waals surface area contributed by atoms with Gasteiger partial charge < -0.3 is 79.8 Å². The molecule has 0 aliphatic carbocycles. The lowest BCUT2D eigenvalue weighted by atomic mass is 9.79. The lowest BCUT2D eigenvalue weighted by molar-refractivity contribution is -0.161. The molecular formula is C96H152N8O16. The Balaban J connectivity index is 0.000000254. The standard InChI is InChI=1S/4C24H38N2O4/c4*1-14(2)9-17-13-26-8-7-16-10-21(28-5)22(29-6)11-18(16)19(26)12-20(17)30-24(27)23(25)15(3)4/h4*10-11,14-15,17,19-20,23H,7-9,12-13,25H2,1-6H3/t4*17?,19?,20?,23-/m0000/s1/i1D3,5D3,7D2,8D2,9D2,14D,19D,20D;1D3,5D3,7D2,8D2,9D2,10D,11D,14D;1D3,7D2,8D2,9D2,14D,19D,20D;1D3,7D2,8D2,9D2,10D,11D,14D/t4*14?,17?,19?,20?,23-. The van der Waals surface area contributed by atoms with Gasteiger partial charge in [-0.05, 0) is 191 Å². The number of aryl methyl sites for hydroxylation is 2. The van der Waals surface area contributed by atoms with Crippen molar-refractivity contribution < 1.29 is 150 Å². The van der Waals surface area contributed by atoms with Gasteiger partial charge in [0.1, 0.15) is 48.5 Å². The molecule has 672 valence electrons. The highest BCUT2D eigenvalue weighted by Gasteiger charge is 2.47. The molecular weight excluding hydrogens is 1520 g/mol. The van der Waals surface area contributed by atoms with Gasteiger partial charge in [0, 0.05) is 180 Å². The number of rotatable bonds is 28. The van der Waals surface area contributed by atoms with E-state index in [1.54, 1.807) is 55.4 Å². The molecule has 8 aliphatic rings. The van der Waals surface area contributed by atoms with Gasteiger partial charge in [-0.25, -0.2) is 0 Å². The predicted octanol–water partition coefficient (Wildman–Crippen LogP) is 14.3. The van der Waals surface area contributed by atoms with Crippen LogP contribution >= 0.6 is 0 Å². The van der Waals surface area contributed by atoms with Gasteiger partial charge in [0.05, 0.1) is 75.9 Å². The Hall–Kier alpha value is -7.16. The van der Waals surface area contributed by atoms with Crippen molar-refractivity contribution in [2.75, 3.05) is 109 Å². The maximum atomic E-state index is 13.1. The molecule has 8 aliphatic heterocycles. The average Bonchev–Trinajstić information content (AvgIpc) is 0.674. The Morgan fingerprint density at radius 1 is 0.392 bits per heavy atom. The van der Waals surface area contributed by atoms with Crippen LogP contribution < -0.4 is 60.8 Å². The molecule has 4 aromatic carbocycles. The van der Waals surface area contributed by atoms with Crippen LogP contribution in [0.2, 0.25) is 0 Å². The monoisotopic (exact) mass is 1730 g/mol. The zero-order valence-electron chi connectivity index (χ0n) is 125. The number of nitrogens with two attached hydrogens (primary N) is 4. The molecule has 0 saturated carbocycles. The van der Waals surface area contributed by atoms with Gasteiger partial charge >= 0.3 is 23.9 Å². The number of nitrogens with zero attached hydrogens (tertiary/aromatic N) is 4. The summed E-state index contributed by atoms with van der Waals surface area (Å²) in [6, 6.07) is -10.5. The van der Waals surface area contributed by atoms with E-state index in [4.69, 9.17) is 148 Å². The van der Waals surface area contributed by atoms with E-state index in [-0.39, 0.29) is 62.5 Å². The summed E-state index contributed by atoms with van der Waals surface area (Å²) in [7, 11) is 1.04. The van der Waals surface area contributed by atoms with Crippen molar-refractivity contribution in [1.29, 1.82) is 0 Å². The van der Waals surface area contributed by atoms with Crippen LogP contribution in [0.15, 0.2) is 48.4 Å². The van der Waals surface area contributed by atoms with Crippen LogP contribution in [-0.4, -0.2) is 201 Å². The summed E-state index contributed by atoms with van der Waals surface area (Å²) >= 11 is 0. The molecule has 4 fully saturated rings. The SMILES string of the molecule is [2H]C([2H])([2H])Oc1cc2c(cc1OC)C1([2H])CC([2H])(OC(=O)[C@@H](N)C(C)C)C(C([2H])([2H])C([2H])(C)C([2H])([2H])[2H])CN1C([2H])([2H])C2([2H])[2H].[2H]C1(OC(=O)[C@@H](N)C(C)C)CC2([2H])c3cc(OC)c(OC)cc3C([2H])([2H])C([2H])([2H])N2CC1C([2H])([2H])C([2H])(C)C([2H])([2H])[2H].[2H]c1c(OC)c(OC([2H])([2H])[2H])c([2H])c2c1C1CC(OC(=O)[C@@H](N)C(C)C)C(C([2H])([2H])C([2H])(C)C([2H])([2H])[2H])CN1C([2H])([2H])C2([2H])[2H].[2H]c1c(OC)c(OC)c([2H])c2c1C1CC(OC(=O)[C@@H](N)C(C)C)C(C([2H])([2H])C([2H])(C)C([2H])([2H])[2H])CN1C([2H])([2H])C2([2H])[2H]. The number of hydrogen-bond acceptors (Lipinski definition) is 24. The number of carbonyl (C=O) groups excluding carboxylic acids is 4. The second-order valence-electron chi connectivity index (χ2n) is 30.9. The van der Waals surface area contributed by atoms with E-state index in [0.717, 1.165) is 63.8 Å². The molecule has 0 aromatic heterocycles. The quantitative estimate of drug-likeness (QED) is 0.0303. The predicted molar refractivity (Wildman–Crippen MR) is 471 cm³/mol. The van der Waals surface area contributed by atoms with Crippen molar-refractivity contribution in [3.8, 4) is 46.0 Å². The molecule has 4 aromatic rings. The number of ether oxygens (including phenoxy) is 12. The lowest BCUT2D eigenvalue weighted by Crippen LogP contribution is -2.51. The third kappa shape index (κ3) is 23.8. The Bertz CT molecular complexity index is 6610. The zero-order chi connectivity index (χ0) is 135. The van der Waals surface area contributed by atoms with Crippen LogP contribution in [0.25, 0.3) is 0 Å². The fraction of sp³-hybridized carbons (Fsp3) is 0.708. The minimum atomic E-state index is -3.29. The molecule has 120 heavy (non-hydrogen) atoms. The number of carbonyl (C=O) groups is 4. The summed E-state index contributed by atoms with van der Waals surface area (Å²) in [6.07, 6.45) is -35.9. The first-order chi connectivity index (χ1) is 77.7. The van der Waals surface area contributed by atoms with E-state index in [2.05, 4.69) is 0 Å². The molecule has 12 rings (SSSR count). The third-order valence-corrected chi connectivity index (χ3v) is 20.9. The lowest BCUT2D eigenvalue weighted by Gasteiger charge is -2.47.